The van der Waals surface area contributed by atoms with Gasteiger partial charge in [0.1, 0.15) is 0 Å². The maximum atomic E-state index is 12.4. The molecule has 1 aromatic carbocycles. The Bertz CT molecular complexity index is 646. The smallest absolute Gasteiger partial charge is 0.276 e. The van der Waals surface area contributed by atoms with E-state index < -0.39 is 0 Å². The second-order valence-electron chi connectivity index (χ2n) is 5.11. The Hall–Kier alpha value is -1.62. The Morgan fingerprint density at radius 1 is 1.30 bits per heavy atom. The molecule has 1 aliphatic heterocycles. The number of aromatic nitrogens is 2. The van der Waals surface area contributed by atoms with Crippen molar-refractivity contribution in [2.45, 2.75) is 32.7 Å². The van der Waals surface area contributed by atoms with Crippen LogP contribution < -0.4 is 5.32 Å². The van der Waals surface area contributed by atoms with E-state index in [1.165, 1.54) is 5.56 Å². The molecule has 0 atom stereocenters. The van der Waals surface area contributed by atoms with E-state index >= 15 is 0 Å². The van der Waals surface area contributed by atoms with Crippen molar-refractivity contribution in [2.24, 2.45) is 0 Å². The molecule has 3 rings (SSSR count). The van der Waals surface area contributed by atoms with Crippen molar-refractivity contribution >= 4 is 27.5 Å². The van der Waals surface area contributed by atoms with Gasteiger partial charge in [0.25, 0.3) is 5.91 Å². The summed E-state index contributed by atoms with van der Waals surface area (Å²) < 4.78 is 2.84. The molecule has 0 bridgehead atoms. The molecular weight excluding hydrogens is 318 g/mol. The van der Waals surface area contributed by atoms with Crippen LogP contribution in [0.3, 0.4) is 0 Å². The zero-order valence-corrected chi connectivity index (χ0v) is 12.9. The standard InChI is InChI=1S/C15H16BrN3O/c1-10-5-7-11(8-6-10)17-14(20)13-12-4-2-3-9-19(12)15(16)18-13/h5-8H,2-4,9H2,1H3,(H,17,20). The van der Waals surface area contributed by atoms with Gasteiger partial charge in [-0.15, -0.1) is 0 Å². The van der Waals surface area contributed by atoms with Crippen LogP contribution in [0.5, 0.6) is 0 Å². The first-order valence-electron chi connectivity index (χ1n) is 6.78. The summed E-state index contributed by atoms with van der Waals surface area (Å²) in [6.45, 7) is 2.95. The molecule has 5 heteroatoms. The van der Waals surface area contributed by atoms with Crippen molar-refractivity contribution in [1.29, 1.82) is 0 Å². The van der Waals surface area contributed by atoms with Gasteiger partial charge in [-0.2, -0.15) is 0 Å². The van der Waals surface area contributed by atoms with E-state index in [-0.39, 0.29) is 5.91 Å². The molecule has 4 nitrogen and oxygen atoms in total. The lowest BCUT2D eigenvalue weighted by molar-refractivity contribution is 0.102. The molecule has 1 amide bonds. The van der Waals surface area contributed by atoms with Gasteiger partial charge in [-0.3, -0.25) is 4.79 Å². The number of carbonyl (C=O) groups is 1. The highest BCUT2D eigenvalue weighted by atomic mass is 79.9. The molecule has 0 saturated carbocycles. The number of aryl methyl sites for hydroxylation is 1. The van der Waals surface area contributed by atoms with Crippen molar-refractivity contribution in [1.82, 2.24) is 9.55 Å². The molecule has 20 heavy (non-hydrogen) atoms. The average Bonchev–Trinajstić information content (AvgIpc) is 2.79. The Morgan fingerprint density at radius 2 is 2.05 bits per heavy atom. The van der Waals surface area contributed by atoms with E-state index in [4.69, 9.17) is 0 Å². The van der Waals surface area contributed by atoms with Crippen LogP contribution in [-0.4, -0.2) is 15.5 Å². The van der Waals surface area contributed by atoms with Crippen molar-refractivity contribution in [3.05, 3.63) is 46.0 Å². The largest absolute Gasteiger partial charge is 0.322 e. The van der Waals surface area contributed by atoms with Gasteiger partial charge in [-0.25, -0.2) is 4.98 Å². The number of carbonyl (C=O) groups excluding carboxylic acids is 1. The molecule has 0 unspecified atom stereocenters. The number of amides is 1. The molecule has 1 aromatic heterocycles. The molecule has 0 radical (unpaired) electrons. The van der Waals surface area contributed by atoms with Crippen LogP contribution in [0, 0.1) is 6.92 Å². The Morgan fingerprint density at radius 3 is 2.80 bits per heavy atom. The second kappa shape index (κ2) is 5.40. The summed E-state index contributed by atoms with van der Waals surface area (Å²) in [4.78, 5) is 16.8. The SMILES string of the molecule is Cc1ccc(NC(=O)c2nc(Br)n3c2CCCC3)cc1. The first kappa shape index (κ1) is 13.4. The summed E-state index contributed by atoms with van der Waals surface area (Å²) in [5.41, 5.74) is 3.55. The van der Waals surface area contributed by atoms with Gasteiger partial charge in [-0.1, -0.05) is 17.7 Å². The van der Waals surface area contributed by atoms with Gasteiger partial charge < -0.3 is 9.88 Å². The Labute approximate surface area is 126 Å². The van der Waals surface area contributed by atoms with Crippen LogP contribution in [-0.2, 0) is 13.0 Å². The predicted molar refractivity (Wildman–Crippen MR) is 82.0 cm³/mol. The molecule has 0 saturated heterocycles. The number of rotatable bonds is 2. The summed E-state index contributed by atoms with van der Waals surface area (Å²) in [6, 6.07) is 7.78. The molecule has 0 fully saturated rings. The fourth-order valence-corrected chi connectivity index (χ4v) is 3.08. The minimum absolute atomic E-state index is 0.134. The zero-order chi connectivity index (χ0) is 14.1. The Kier molecular flexibility index (Phi) is 3.61. The molecular formula is C15H16BrN3O. The van der Waals surface area contributed by atoms with E-state index in [9.17, 15) is 4.79 Å². The predicted octanol–water partition coefficient (Wildman–Crippen LogP) is 3.54. The lowest BCUT2D eigenvalue weighted by Crippen LogP contribution is -2.17. The average molecular weight is 334 g/mol. The van der Waals surface area contributed by atoms with Crippen molar-refractivity contribution in [2.75, 3.05) is 5.32 Å². The lowest BCUT2D eigenvalue weighted by Gasteiger charge is -2.15. The normalized spacial score (nSPS) is 13.9. The van der Waals surface area contributed by atoms with Crippen LogP contribution in [0.25, 0.3) is 0 Å². The highest BCUT2D eigenvalue weighted by Crippen LogP contribution is 2.24. The molecule has 1 N–H and O–H groups in total. The summed E-state index contributed by atoms with van der Waals surface area (Å²) in [5.74, 6) is -0.134. The van der Waals surface area contributed by atoms with Gasteiger partial charge in [0.05, 0.1) is 5.69 Å². The van der Waals surface area contributed by atoms with Crippen molar-refractivity contribution in [3.8, 4) is 0 Å². The maximum absolute atomic E-state index is 12.4. The highest BCUT2D eigenvalue weighted by Gasteiger charge is 2.23. The first-order valence-corrected chi connectivity index (χ1v) is 7.57. The van der Waals surface area contributed by atoms with Crippen molar-refractivity contribution in [3.63, 3.8) is 0 Å². The number of fused-ring (bicyclic) bond motifs is 1. The van der Waals surface area contributed by atoms with Gasteiger partial charge >= 0.3 is 0 Å². The van der Waals surface area contributed by atoms with E-state index in [0.29, 0.717) is 5.69 Å². The van der Waals surface area contributed by atoms with E-state index in [0.717, 1.165) is 41.9 Å². The summed E-state index contributed by atoms with van der Waals surface area (Å²) in [6.07, 6.45) is 3.17. The lowest BCUT2D eigenvalue weighted by atomic mass is 10.1. The minimum atomic E-state index is -0.134. The fourth-order valence-electron chi connectivity index (χ4n) is 2.51. The molecule has 1 aliphatic rings. The van der Waals surface area contributed by atoms with Gasteiger partial charge in [-0.05, 0) is 54.2 Å². The minimum Gasteiger partial charge on any atom is -0.322 e. The number of halogens is 1. The Balaban J connectivity index is 1.86. The number of nitrogens with one attached hydrogen (secondary N) is 1. The summed E-state index contributed by atoms with van der Waals surface area (Å²) in [5, 5.41) is 2.91. The summed E-state index contributed by atoms with van der Waals surface area (Å²) in [7, 11) is 0. The van der Waals surface area contributed by atoms with Crippen LogP contribution in [0.4, 0.5) is 5.69 Å². The summed E-state index contributed by atoms with van der Waals surface area (Å²) >= 11 is 3.44. The van der Waals surface area contributed by atoms with Crippen molar-refractivity contribution < 1.29 is 4.79 Å². The number of hydrogen-bond acceptors (Lipinski definition) is 2. The number of nitrogens with zero attached hydrogens (tertiary/aromatic N) is 2. The maximum Gasteiger partial charge on any atom is 0.276 e. The zero-order valence-electron chi connectivity index (χ0n) is 11.3. The number of hydrogen-bond donors (Lipinski definition) is 1. The quantitative estimate of drug-likeness (QED) is 0.913. The monoisotopic (exact) mass is 333 g/mol. The molecule has 2 aromatic rings. The number of anilines is 1. The van der Waals surface area contributed by atoms with Crippen LogP contribution in [0.15, 0.2) is 29.0 Å². The highest BCUT2D eigenvalue weighted by molar-refractivity contribution is 9.10. The van der Waals surface area contributed by atoms with Gasteiger partial charge in [0.2, 0.25) is 0 Å². The van der Waals surface area contributed by atoms with Crippen LogP contribution >= 0.6 is 15.9 Å². The number of benzene rings is 1. The van der Waals surface area contributed by atoms with Crippen LogP contribution in [0.1, 0.15) is 34.6 Å². The van der Waals surface area contributed by atoms with Gasteiger partial charge in [0, 0.05) is 12.2 Å². The molecule has 2 heterocycles. The van der Waals surface area contributed by atoms with E-state index in [1.54, 1.807) is 0 Å². The third kappa shape index (κ3) is 2.50. The third-order valence-corrected chi connectivity index (χ3v) is 4.20. The first-order chi connectivity index (χ1) is 9.65. The topological polar surface area (TPSA) is 46.9 Å². The molecule has 104 valence electrons. The second-order valence-corrected chi connectivity index (χ2v) is 5.81. The fraction of sp³-hybridized carbons (Fsp3) is 0.333. The molecule has 0 spiro atoms. The molecule has 0 aliphatic carbocycles. The van der Waals surface area contributed by atoms with Crippen LogP contribution in [0.2, 0.25) is 0 Å². The number of imidazole rings is 1. The third-order valence-electron chi connectivity index (χ3n) is 3.60. The van der Waals surface area contributed by atoms with E-state index in [1.807, 2.05) is 31.2 Å². The van der Waals surface area contributed by atoms with Gasteiger partial charge in [0.15, 0.2) is 10.4 Å². The van der Waals surface area contributed by atoms with E-state index in [2.05, 4.69) is 30.8 Å².